The zero-order valence-corrected chi connectivity index (χ0v) is 20.5. The van der Waals surface area contributed by atoms with Crippen molar-refractivity contribution in [2.75, 3.05) is 31.6 Å². The molecule has 4 N–H and O–H groups in total. The summed E-state index contributed by atoms with van der Waals surface area (Å²) in [5, 5.41) is 15.6. The molecule has 36 heavy (non-hydrogen) atoms. The maximum absolute atomic E-state index is 13.2. The Balaban J connectivity index is 1.58. The normalized spacial score (nSPS) is 14.0. The average molecular weight is 494 g/mol. The van der Waals surface area contributed by atoms with Crippen molar-refractivity contribution >= 4 is 34.4 Å². The molecular weight excluding hydrogens is 462 g/mol. The smallest absolute Gasteiger partial charge is 0.271 e. The number of pyridine rings is 1. The summed E-state index contributed by atoms with van der Waals surface area (Å²) < 4.78 is 5.86. The fraction of sp³-hybridized carbons (Fsp3) is 0.385. The third-order valence-corrected chi connectivity index (χ3v) is 6.27. The van der Waals surface area contributed by atoms with Crippen LogP contribution in [-0.2, 0) is 11.2 Å². The third kappa shape index (κ3) is 5.33. The zero-order valence-electron chi connectivity index (χ0n) is 20.5. The van der Waals surface area contributed by atoms with E-state index >= 15 is 0 Å². The average Bonchev–Trinajstić information content (AvgIpc) is 3.26. The van der Waals surface area contributed by atoms with Crippen LogP contribution in [0.15, 0.2) is 36.4 Å². The van der Waals surface area contributed by atoms with Crippen LogP contribution < -0.4 is 15.4 Å². The first-order chi connectivity index (χ1) is 17.4. The number of piperidine rings is 1. The number of rotatable bonds is 8. The number of benzene rings is 1. The molecule has 0 radical (unpaired) electrons. The van der Waals surface area contributed by atoms with Gasteiger partial charge in [-0.3, -0.25) is 14.4 Å². The molecule has 3 amide bonds. The number of H-pyrrole nitrogens is 1. The molecule has 1 saturated heterocycles. The molecule has 1 fully saturated rings. The van der Waals surface area contributed by atoms with Crippen molar-refractivity contribution < 1.29 is 24.2 Å². The van der Waals surface area contributed by atoms with Crippen molar-refractivity contribution in [2.24, 2.45) is 0 Å². The van der Waals surface area contributed by atoms with E-state index in [9.17, 15) is 14.4 Å². The summed E-state index contributed by atoms with van der Waals surface area (Å²) in [5.41, 5.74) is 2.55. The largest absolute Gasteiger partial charge is 0.491 e. The van der Waals surface area contributed by atoms with Crippen molar-refractivity contribution in [1.29, 1.82) is 0 Å². The molecule has 3 aromatic rings. The molecule has 0 unspecified atom stereocenters. The van der Waals surface area contributed by atoms with Gasteiger partial charge in [-0.2, -0.15) is 0 Å². The molecule has 1 aliphatic rings. The highest BCUT2D eigenvalue weighted by Crippen LogP contribution is 2.33. The predicted octanol–water partition coefficient (Wildman–Crippen LogP) is 2.49. The monoisotopic (exact) mass is 493 g/mol. The topological polar surface area (TPSA) is 137 Å². The van der Waals surface area contributed by atoms with Crippen molar-refractivity contribution in [3.05, 3.63) is 53.3 Å². The van der Waals surface area contributed by atoms with Gasteiger partial charge in [-0.25, -0.2) is 4.98 Å². The Kier molecular flexibility index (Phi) is 7.84. The van der Waals surface area contributed by atoms with Crippen molar-refractivity contribution in [2.45, 2.75) is 39.2 Å². The summed E-state index contributed by atoms with van der Waals surface area (Å²) in [7, 11) is 0. The lowest BCUT2D eigenvalue weighted by molar-refractivity contribution is -0.135. The van der Waals surface area contributed by atoms with Crippen LogP contribution in [0.25, 0.3) is 11.0 Å². The Morgan fingerprint density at radius 2 is 1.86 bits per heavy atom. The van der Waals surface area contributed by atoms with Gasteiger partial charge in [-0.15, -0.1) is 0 Å². The fourth-order valence-electron chi connectivity index (χ4n) is 4.38. The first kappa shape index (κ1) is 25.2. The Morgan fingerprint density at radius 3 is 2.50 bits per heavy atom. The highest BCUT2D eigenvalue weighted by Gasteiger charge is 2.27. The highest BCUT2D eigenvalue weighted by molar-refractivity contribution is 6.07. The van der Waals surface area contributed by atoms with Crippen LogP contribution in [0.1, 0.15) is 53.2 Å². The predicted molar refractivity (Wildman–Crippen MR) is 135 cm³/mol. The van der Waals surface area contributed by atoms with E-state index in [1.54, 1.807) is 35.2 Å². The van der Waals surface area contributed by atoms with Gasteiger partial charge in [-0.05, 0) is 44.4 Å². The second kappa shape index (κ2) is 11.2. The van der Waals surface area contributed by atoms with Crippen LogP contribution in [0.4, 0.5) is 5.69 Å². The van der Waals surface area contributed by atoms with E-state index in [2.05, 4.69) is 20.6 Å². The lowest BCUT2D eigenvalue weighted by Gasteiger charge is -2.32. The molecule has 1 aliphatic heterocycles. The van der Waals surface area contributed by atoms with Crippen LogP contribution in [-0.4, -0.2) is 70.0 Å². The van der Waals surface area contributed by atoms with Gasteiger partial charge in [-0.1, -0.05) is 25.1 Å². The number of nitrogens with one attached hydrogen (secondary N) is 3. The number of aromatic nitrogens is 2. The summed E-state index contributed by atoms with van der Waals surface area (Å²) >= 11 is 0. The number of likely N-dealkylation sites (tertiary alicyclic amines) is 1. The van der Waals surface area contributed by atoms with Crippen molar-refractivity contribution in [3.8, 4) is 5.75 Å². The number of ether oxygens (including phenoxy) is 1. The van der Waals surface area contributed by atoms with Crippen LogP contribution in [0, 0.1) is 0 Å². The van der Waals surface area contributed by atoms with Crippen LogP contribution in [0.3, 0.4) is 0 Å². The lowest BCUT2D eigenvalue weighted by atomic mass is 10.0. The fourth-order valence-corrected chi connectivity index (χ4v) is 4.38. The van der Waals surface area contributed by atoms with E-state index in [1.165, 1.54) is 0 Å². The maximum Gasteiger partial charge on any atom is 0.271 e. The zero-order chi connectivity index (χ0) is 25.7. The number of anilines is 1. The van der Waals surface area contributed by atoms with E-state index in [1.807, 2.05) is 19.9 Å². The second-order valence-electron chi connectivity index (χ2n) is 8.60. The molecule has 1 aromatic carbocycles. The van der Waals surface area contributed by atoms with Crippen LogP contribution in [0.5, 0.6) is 5.75 Å². The van der Waals surface area contributed by atoms with Gasteiger partial charge in [0, 0.05) is 24.7 Å². The van der Waals surface area contributed by atoms with Gasteiger partial charge in [0.2, 0.25) is 5.91 Å². The minimum absolute atomic E-state index is 0.110. The van der Waals surface area contributed by atoms with Gasteiger partial charge in [0.1, 0.15) is 17.9 Å². The Labute approximate surface area is 209 Å². The Bertz CT molecular complexity index is 1250. The number of carbonyl (C=O) groups excluding carboxylic acids is 3. The van der Waals surface area contributed by atoms with E-state index in [-0.39, 0.29) is 29.5 Å². The second-order valence-corrected chi connectivity index (χ2v) is 8.60. The Hall–Kier alpha value is -3.92. The molecule has 4 rings (SSSR count). The number of hydrogen-bond donors (Lipinski definition) is 4. The number of aliphatic hydroxyl groups excluding tert-OH is 1. The quantitative estimate of drug-likeness (QED) is 0.381. The molecule has 0 aliphatic carbocycles. The molecule has 190 valence electrons. The highest BCUT2D eigenvalue weighted by atomic mass is 16.5. The number of nitrogens with zero attached hydrogens (tertiary/aromatic N) is 2. The number of amides is 3. The van der Waals surface area contributed by atoms with Gasteiger partial charge in [0.15, 0.2) is 5.75 Å². The van der Waals surface area contributed by atoms with Gasteiger partial charge >= 0.3 is 0 Å². The molecular formula is C26H31N5O5. The molecule has 0 atom stereocenters. The minimum atomic E-state index is -0.510. The van der Waals surface area contributed by atoms with E-state index < -0.39 is 6.61 Å². The van der Waals surface area contributed by atoms with E-state index in [0.29, 0.717) is 72.7 Å². The Morgan fingerprint density at radius 1 is 1.14 bits per heavy atom. The first-order valence-electron chi connectivity index (χ1n) is 12.2. The van der Waals surface area contributed by atoms with Gasteiger partial charge in [0.05, 0.1) is 23.4 Å². The van der Waals surface area contributed by atoms with Crippen LogP contribution in [0.2, 0.25) is 0 Å². The molecule has 0 saturated carbocycles. The number of aliphatic hydroxyl groups is 1. The summed E-state index contributed by atoms with van der Waals surface area (Å²) in [5.74, 6) is -0.495. The summed E-state index contributed by atoms with van der Waals surface area (Å²) in [6, 6.07) is 10.6. The number of fused-ring (bicyclic) bond motifs is 1. The van der Waals surface area contributed by atoms with E-state index in [4.69, 9.17) is 9.84 Å². The number of carbonyl (C=O) groups is 3. The van der Waals surface area contributed by atoms with Crippen molar-refractivity contribution in [1.82, 2.24) is 20.2 Å². The molecule has 0 spiro atoms. The summed E-state index contributed by atoms with van der Waals surface area (Å²) in [6.45, 7) is 4.56. The standard InChI is InChI=1S/C26H31N5O5/c1-3-19-20(29-25(34)16-8-6-5-7-9-16)14-18-23(36-4-2)22(30-24(18)28-19)26(35)27-17-10-12-31(13-11-17)21(33)15-32/h5-9,14,17,32H,3-4,10-13,15H2,1-2H3,(H,27,35)(H,28,30)(H,29,34). The number of aromatic amines is 1. The van der Waals surface area contributed by atoms with Crippen molar-refractivity contribution in [3.63, 3.8) is 0 Å². The first-order valence-corrected chi connectivity index (χ1v) is 12.2. The van der Waals surface area contributed by atoms with E-state index in [0.717, 1.165) is 0 Å². The molecule has 0 bridgehead atoms. The number of aryl methyl sites for hydroxylation is 1. The van der Waals surface area contributed by atoms with Gasteiger partial charge in [0.25, 0.3) is 11.8 Å². The summed E-state index contributed by atoms with van der Waals surface area (Å²) in [6.07, 6.45) is 1.77. The minimum Gasteiger partial charge on any atom is -0.491 e. The maximum atomic E-state index is 13.2. The molecule has 3 heterocycles. The molecule has 10 heteroatoms. The third-order valence-electron chi connectivity index (χ3n) is 6.27. The molecule has 10 nitrogen and oxygen atoms in total. The number of hydrogen-bond acceptors (Lipinski definition) is 6. The van der Waals surface area contributed by atoms with Crippen LogP contribution >= 0.6 is 0 Å². The summed E-state index contributed by atoms with van der Waals surface area (Å²) in [4.78, 5) is 47.0. The molecule has 2 aromatic heterocycles. The SMILES string of the molecule is CCOc1c(C(=O)NC2CCN(C(=O)CO)CC2)[nH]c2nc(CC)c(NC(=O)c3ccccc3)cc12. The van der Waals surface area contributed by atoms with Gasteiger partial charge < -0.3 is 30.4 Å². The lowest BCUT2D eigenvalue weighted by Crippen LogP contribution is -2.47.